The van der Waals surface area contributed by atoms with Crippen molar-refractivity contribution >= 4 is 35.0 Å². The Bertz CT molecular complexity index is 1160. The van der Waals surface area contributed by atoms with Crippen LogP contribution in [0.5, 0.6) is 0 Å². The van der Waals surface area contributed by atoms with Crippen molar-refractivity contribution in [3.05, 3.63) is 95.3 Å². The molecule has 3 aromatic carbocycles. The maximum Gasteiger partial charge on any atom is 0.269 e. The molecule has 0 saturated carbocycles. The summed E-state index contributed by atoms with van der Waals surface area (Å²) in [4.78, 5) is 29.0. The number of fused-ring (bicyclic) bond motifs is 2. The number of amides is 2. The van der Waals surface area contributed by atoms with Crippen LogP contribution in [-0.4, -0.2) is 17.6 Å². The molecule has 2 aliphatic heterocycles. The second kappa shape index (κ2) is 6.99. The molecule has 0 unspecified atom stereocenters. The zero-order chi connectivity index (χ0) is 20.9. The molecule has 1 spiro atoms. The van der Waals surface area contributed by atoms with Crippen molar-refractivity contribution in [3.63, 3.8) is 0 Å². The van der Waals surface area contributed by atoms with E-state index in [0.717, 1.165) is 16.8 Å². The van der Waals surface area contributed by atoms with Crippen LogP contribution in [-0.2, 0) is 21.0 Å². The lowest BCUT2D eigenvalue weighted by Crippen LogP contribution is -2.49. The highest BCUT2D eigenvalue weighted by Crippen LogP contribution is 2.55. The summed E-state index contributed by atoms with van der Waals surface area (Å²) in [6, 6.07) is 21.5. The van der Waals surface area contributed by atoms with Crippen LogP contribution in [0.1, 0.15) is 16.7 Å². The molecule has 0 aromatic heterocycles. The number of aryl methyl sites for hydroxylation is 1. The Balaban J connectivity index is 1.64. The van der Waals surface area contributed by atoms with E-state index < -0.39 is 4.87 Å². The Morgan fingerprint density at radius 2 is 1.77 bits per heavy atom. The van der Waals surface area contributed by atoms with E-state index in [4.69, 9.17) is 0 Å². The van der Waals surface area contributed by atoms with Gasteiger partial charge in [-0.1, -0.05) is 48.0 Å². The topological polar surface area (TPSA) is 40.6 Å². The average Bonchev–Trinajstić information content (AvgIpc) is 3.20. The summed E-state index contributed by atoms with van der Waals surface area (Å²) in [5.74, 6) is -0.389. The van der Waals surface area contributed by atoms with Crippen molar-refractivity contribution in [2.75, 3.05) is 15.6 Å². The van der Waals surface area contributed by atoms with Crippen LogP contribution in [0, 0.1) is 12.7 Å². The van der Waals surface area contributed by atoms with Gasteiger partial charge in [0.25, 0.3) is 5.91 Å². The summed E-state index contributed by atoms with van der Waals surface area (Å²) in [6.07, 6.45) is 0. The van der Waals surface area contributed by atoms with Crippen LogP contribution >= 0.6 is 11.8 Å². The first-order valence-electron chi connectivity index (χ1n) is 9.70. The van der Waals surface area contributed by atoms with E-state index >= 15 is 0 Å². The molecule has 0 radical (unpaired) electrons. The Morgan fingerprint density at radius 1 is 1.00 bits per heavy atom. The number of carbonyl (C=O) groups excluding carboxylic acids is 2. The minimum Gasteiger partial charge on any atom is -0.304 e. The first kappa shape index (κ1) is 18.9. The van der Waals surface area contributed by atoms with Crippen LogP contribution in [0.2, 0.25) is 0 Å². The molecular formula is C24H19FN2O2S. The van der Waals surface area contributed by atoms with Gasteiger partial charge in [-0.05, 0) is 42.8 Å². The maximum atomic E-state index is 13.9. The number of hydrogen-bond donors (Lipinski definition) is 0. The number of halogens is 1. The number of benzene rings is 3. The number of anilines is 2. The van der Waals surface area contributed by atoms with Gasteiger partial charge in [0.15, 0.2) is 0 Å². The third-order valence-electron chi connectivity index (χ3n) is 5.59. The van der Waals surface area contributed by atoms with Gasteiger partial charge in [-0.15, -0.1) is 11.8 Å². The Morgan fingerprint density at radius 3 is 2.53 bits per heavy atom. The standard InChI is InChI=1S/C24H19FN2O2S/c1-16-9-11-19(12-10-16)27-22(28)15-30-24(27)20-7-2-3-8-21(20)26(23(24)29)14-17-5-4-6-18(25)13-17/h2-13H,14-15H2,1H3/t24-/m0/s1. The molecule has 0 aliphatic carbocycles. The van der Waals surface area contributed by atoms with E-state index in [1.807, 2.05) is 55.5 Å². The molecule has 0 bridgehead atoms. The molecular weight excluding hydrogens is 399 g/mol. The molecule has 6 heteroatoms. The Hall–Kier alpha value is -3.12. The van der Waals surface area contributed by atoms with Gasteiger partial charge in [-0.2, -0.15) is 0 Å². The molecule has 1 saturated heterocycles. The molecule has 3 aromatic rings. The molecule has 0 N–H and O–H groups in total. The van der Waals surface area contributed by atoms with Crippen LogP contribution in [0.15, 0.2) is 72.8 Å². The largest absolute Gasteiger partial charge is 0.304 e. The number of carbonyl (C=O) groups is 2. The van der Waals surface area contributed by atoms with Gasteiger partial charge >= 0.3 is 0 Å². The molecule has 5 rings (SSSR count). The van der Waals surface area contributed by atoms with E-state index in [-0.39, 0.29) is 29.9 Å². The van der Waals surface area contributed by atoms with Gasteiger partial charge in [0, 0.05) is 11.3 Å². The predicted molar refractivity (Wildman–Crippen MR) is 117 cm³/mol. The van der Waals surface area contributed by atoms with E-state index in [1.165, 1.54) is 23.9 Å². The van der Waals surface area contributed by atoms with Crippen molar-refractivity contribution in [2.45, 2.75) is 18.3 Å². The second-order valence-electron chi connectivity index (χ2n) is 7.54. The summed E-state index contributed by atoms with van der Waals surface area (Å²) >= 11 is 1.35. The molecule has 2 heterocycles. The fraction of sp³-hybridized carbons (Fsp3) is 0.167. The predicted octanol–water partition coefficient (Wildman–Crippen LogP) is 4.61. The first-order chi connectivity index (χ1) is 14.5. The Kier molecular flexibility index (Phi) is 4.40. The SMILES string of the molecule is Cc1ccc(N2C(=O)CS[C@@]23C(=O)N(Cc2cccc(F)c2)c2ccccc23)cc1. The van der Waals surface area contributed by atoms with E-state index in [2.05, 4.69) is 0 Å². The molecule has 2 aliphatic rings. The first-order valence-corrected chi connectivity index (χ1v) is 10.7. The second-order valence-corrected chi connectivity index (χ2v) is 8.70. The van der Waals surface area contributed by atoms with Gasteiger partial charge < -0.3 is 4.90 Å². The highest BCUT2D eigenvalue weighted by atomic mass is 32.2. The molecule has 1 atom stereocenters. The van der Waals surface area contributed by atoms with Gasteiger partial charge in [0.2, 0.25) is 10.8 Å². The summed E-state index contributed by atoms with van der Waals surface area (Å²) in [5.41, 5.74) is 4.03. The number of rotatable bonds is 3. The lowest BCUT2D eigenvalue weighted by molar-refractivity contribution is -0.123. The highest BCUT2D eigenvalue weighted by molar-refractivity contribution is 8.02. The summed E-state index contributed by atoms with van der Waals surface area (Å²) < 4.78 is 13.7. The van der Waals surface area contributed by atoms with Crippen molar-refractivity contribution in [3.8, 4) is 0 Å². The van der Waals surface area contributed by atoms with Crippen LogP contribution in [0.4, 0.5) is 15.8 Å². The number of hydrogen-bond acceptors (Lipinski definition) is 3. The lowest BCUT2D eigenvalue weighted by Gasteiger charge is -2.33. The third-order valence-corrected chi connectivity index (χ3v) is 6.97. The maximum absolute atomic E-state index is 13.9. The zero-order valence-corrected chi connectivity index (χ0v) is 17.2. The number of para-hydroxylation sites is 1. The molecule has 150 valence electrons. The van der Waals surface area contributed by atoms with Gasteiger partial charge in [0.1, 0.15) is 5.82 Å². The fourth-order valence-corrected chi connectivity index (χ4v) is 5.58. The van der Waals surface area contributed by atoms with Crippen LogP contribution in [0.3, 0.4) is 0 Å². The van der Waals surface area contributed by atoms with Gasteiger partial charge in [-0.3, -0.25) is 14.5 Å². The summed E-state index contributed by atoms with van der Waals surface area (Å²) in [6.45, 7) is 2.22. The third kappa shape index (κ3) is 2.75. The van der Waals surface area contributed by atoms with Crippen molar-refractivity contribution in [1.82, 2.24) is 0 Å². The van der Waals surface area contributed by atoms with Crippen LogP contribution in [0.25, 0.3) is 0 Å². The van der Waals surface area contributed by atoms with Gasteiger partial charge in [0.05, 0.1) is 18.0 Å². The van der Waals surface area contributed by atoms with Crippen LogP contribution < -0.4 is 9.80 Å². The molecule has 1 fully saturated rings. The summed E-state index contributed by atoms with van der Waals surface area (Å²) in [5, 5.41) is 0. The van der Waals surface area contributed by atoms with E-state index in [0.29, 0.717) is 11.3 Å². The monoisotopic (exact) mass is 418 g/mol. The lowest BCUT2D eigenvalue weighted by atomic mass is 10.0. The van der Waals surface area contributed by atoms with E-state index in [9.17, 15) is 14.0 Å². The van der Waals surface area contributed by atoms with Crippen molar-refractivity contribution < 1.29 is 14.0 Å². The highest BCUT2D eigenvalue weighted by Gasteiger charge is 2.60. The molecule has 30 heavy (non-hydrogen) atoms. The number of thioether (sulfide) groups is 1. The smallest absolute Gasteiger partial charge is 0.269 e. The minimum absolute atomic E-state index is 0.0976. The van der Waals surface area contributed by atoms with Crippen molar-refractivity contribution in [2.24, 2.45) is 0 Å². The molecule has 4 nitrogen and oxygen atoms in total. The van der Waals surface area contributed by atoms with Crippen molar-refractivity contribution in [1.29, 1.82) is 0 Å². The minimum atomic E-state index is -1.14. The zero-order valence-electron chi connectivity index (χ0n) is 16.3. The summed E-state index contributed by atoms with van der Waals surface area (Å²) in [7, 11) is 0. The fourth-order valence-electron chi connectivity index (χ4n) is 4.22. The number of nitrogens with zero attached hydrogens (tertiary/aromatic N) is 2. The normalized spacial score (nSPS) is 20.3. The average molecular weight is 418 g/mol. The quantitative estimate of drug-likeness (QED) is 0.624. The molecule has 2 amide bonds. The van der Waals surface area contributed by atoms with Gasteiger partial charge in [-0.25, -0.2) is 4.39 Å². The van der Waals surface area contributed by atoms with E-state index in [1.54, 1.807) is 21.9 Å². The Labute approximate surface area is 178 Å².